The van der Waals surface area contributed by atoms with E-state index in [-0.39, 0.29) is 36.1 Å². The number of aliphatic hydroxyl groups is 1. The van der Waals surface area contributed by atoms with Crippen molar-refractivity contribution in [1.82, 2.24) is 39.1 Å². The molecule has 5 heterocycles. The molecule has 2 aromatic heterocycles. The van der Waals surface area contributed by atoms with E-state index in [0.717, 1.165) is 55.7 Å². The molecule has 0 radical (unpaired) electrons. The highest BCUT2D eigenvalue weighted by atomic mass is 32.2. The molecule has 6 rings (SSSR count). The van der Waals surface area contributed by atoms with Gasteiger partial charge in [0.05, 0.1) is 43.4 Å². The Morgan fingerprint density at radius 2 is 1.85 bits per heavy atom. The van der Waals surface area contributed by atoms with E-state index in [1.54, 1.807) is 4.68 Å². The van der Waals surface area contributed by atoms with E-state index in [9.17, 15) is 31.5 Å². The zero-order valence-electron chi connectivity index (χ0n) is 26.7. The number of fused-ring (bicyclic) bond motifs is 1. The lowest BCUT2D eigenvalue weighted by molar-refractivity contribution is -0.139. The number of likely N-dealkylation sites (tertiary alicyclic amines) is 1. The molecule has 3 aliphatic rings. The van der Waals surface area contributed by atoms with E-state index in [0.29, 0.717) is 74.2 Å². The Morgan fingerprint density at radius 3 is 2.52 bits per heavy atom. The first kappa shape index (κ1) is 35.1. The predicted molar refractivity (Wildman–Crippen MR) is 173 cm³/mol. The first-order chi connectivity index (χ1) is 22.8. The lowest BCUT2D eigenvalue weighted by Gasteiger charge is -2.32. The molecule has 1 atom stereocenters. The van der Waals surface area contributed by atoms with Crippen LogP contribution in [-0.2, 0) is 40.4 Å². The Labute approximate surface area is 280 Å². The molecule has 2 saturated heterocycles. The minimum Gasteiger partial charge on any atom is -0.390 e. The van der Waals surface area contributed by atoms with Gasteiger partial charge in [-0.15, -0.1) is 11.8 Å². The lowest BCUT2D eigenvalue weighted by atomic mass is 9.96. The molecule has 3 N–H and O–H groups in total. The molecule has 3 aromatic rings. The highest BCUT2D eigenvalue weighted by Crippen LogP contribution is 2.40. The fraction of sp³-hybridized carbons (Fsp3) is 0.633. The van der Waals surface area contributed by atoms with Crippen LogP contribution in [0.4, 0.5) is 13.2 Å². The average molecular weight is 715 g/mol. The summed E-state index contributed by atoms with van der Waals surface area (Å²) < 4.78 is 75.7. The van der Waals surface area contributed by atoms with Crippen molar-refractivity contribution in [2.24, 2.45) is 0 Å². The maximum absolute atomic E-state index is 14.1. The van der Waals surface area contributed by atoms with Crippen molar-refractivity contribution in [3.05, 3.63) is 51.3 Å². The molecular formula is C30H41F3N8O5S2. The maximum Gasteiger partial charge on any atom is 0.417 e. The van der Waals surface area contributed by atoms with Crippen molar-refractivity contribution < 1.29 is 31.4 Å². The number of alkyl halides is 3. The summed E-state index contributed by atoms with van der Waals surface area (Å²) in [5.74, 6) is 1.23. The summed E-state index contributed by atoms with van der Waals surface area (Å²) in [5, 5.41) is 22.4. The second-order valence-corrected chi connectivity index (χ2v) is 15.7. The smallest absolute Gasteiger partial charge is 0.390 e. The number of thioether (sulfide) groups is 1. The molecule has 1 aromatic carbocycles. The second-order valence-electron chi connectivity index (χ2n) is 12.6. The quantitative estimate of drug-likeness (QED) is 0.252. The van der Waals surface area contributed by atoms with Crippen LogP contribution >= 0.6 is 11.8 Å². The standard InChI is InChI=1S/C30H41F3N8O5S2/c1-48(44,45)40-9-6-25-23(19-40)27(21-2-3-24(30(31,32)33)26(16-21)47-15-12-38-10-13-46-14-11-38)37-41(25)18-22(42)17-39-7-4-20(5-8-39)28-34-29(43)36-35-28/h2-3,16,20,22,42H,4-15,17-19H2,1H3,(H2,34,35,36,43). The van der Waals surface area contributed by atoms with Gasteiger partial charge in [-0.05, 0) is 38.1 Å². The third-order valence-electron chi connectivity index (χ3n) is 9.24. The number of halogens is 3. The summed E-state index contributed by atoms with van der Waals surface area (Å²) in [6.45, 7) is 5.55. The predicted octanol–water partition coefficient (Wildman–Crippen LogP) is 1.96. The number of H-pyrrole nitrogens is 2. The summed E-state index contributed by atoms with van der Waals surface area (Å²) in [7, 11) is -3.53. The Kier molecular flexibility index (Phi) is 10.7. The number of β-amino-alcohol motifs (C(OH)–C–C–N with tert-alkyl or cyclic N) is 1. The largest absolute Gasteiger partial charge is 0.417 e. The van der Waals surface area contributed by atoms with E-state index in [1.807, 2.05) is 0 Å². The van der Waals surface area contributed by atoms with Gasteiger partial charge in [-0.25, -0.2) is 18.3 Å². The highest BCUT2D eigenvalue weighted by molar-refractivity contribution is 7.99. The number of aromatic amines is 2. The Morgan fingerprint density at radius 1 is 1.10 bits per heavy atom. The fourth-order valence-corrected chi connectivity index (χ4v) is 8.59. The first-order valence-corrected chi connectivity index (χ1v) is 18.9. The normalized spacial score (nSPS) is 19.9. The minimum atomic E-state index is -4.54. The molecule has 48 heavy (non-hydrogen) atoms. The van der Waals surface area contributed by atoms with Crippen LogP contribution in [-0.4, -0.2) is 130 Å². The third-order valence-corrected chi connectivity index (χ3v) is 11.5. The third kappa shape index (κ3) is 8.34. The van der Waals surface area contributed by atoms with E-state index < -0.39 is 27.9 Å². The number of rotatable bonds is 11. The van der Waals surface area contributed by atoms with Crippen molar-refractivity contribution in [3.63, 3.8) is 0 Å². The minimum absolute atomic E-state index is 0.0446. The van der Waals surface area contributed by atoms with Gasteiger partial charge >= 0.3 is 11.9 Å². The summed E-state index contributed by atoms with van der Waals surface area (Å²) in [5.41, 5.74) is 1.24. The van der Waals surface area contributed by atoms with Gasteiger partial charge in [-0.2, -0.15) is 27.7 Å². The number of benzene rings is 1. The van der Waals surface area contributed by atoms with Crippen LogP contribution in [0.2, 0.25) is 0 Å². The summed E-state index contributed by atoms with van der Waals surface area (Å²) in [6, 6.07) is 3.98. The fourth-order valence-electron chi connectivity index (χ4n) is 6.69. The van der Waals surface area contributed by atoms with Gasteiger partial charge in [0, 0.05) is 79.1 Å². The zero-order chi connectivity index (χ0) is 34.1. The highest BCUT2D eigenvalue weighted by Gasteiger charge is 2.35. The van der Waals surface area contributed by atoms with Crippen molar-refractivity contribution in [3.8, 4) is 11.3 Å². The number of nitrogens with one attached hydrogen (secondary N) is 2. The van der Waals surface area contributed by atoms with E-state index >= 15 is 0 Å². The van der Waals surface area contributed by atoms with Gasteiger partial charge in [0.2, 0.25) is 10.0 Å². The molecule has 0 spiro atoms. The second kappa shape index (κ2) is 14.6. The monoisotopic (exact) mass is 714 g/mol. The number of piperidine rings is 1. The molecule has 3 aliphatic heterocycles. The molecule has 2 fully saturated rings. The van der Waals surface area contributed by atoms with Gasteiger partial charge < -0.3 is 14.7 Å². The van der Waals surface area contributed by atoms with Crippen LogP contribution in [0.3, 0.4) is 0 Å². The number of hydrogen-bond acceptors (Lipinski definition) is 10. The number of ether oxygens (including phenoxy) is 1. The average Bonchev–Trinajstić information content (AvgIpc) is 3.64. The van der Waals surface area contributed by atoms with Crippen LogP contribution < -0.4 is 5.69 Å². The van der Waals surface area contributed by atoms with E-state index in [4.69, 9.17) is 9.84 Å². The number of hydrogen-bond donors (Lipinski definition) is 3. The lowest BCUT2D eigenvalue weighted by Crippen LogP contribution is -2.40. The van der Waals surface area contributed by atoms with Gasteiger partial charge in [0.15, 0.2) is 0 Å². The SMILES string of the molecule is CS(=O)(=O)N1CCc2c(c(-c3ccc(C(F)(F)F)c(SCCN4CCOCC4)c3)nn2CC(O)CN2CCC(c3n[nH]c(=O)[nH]3)CC2)C1. The summed E-state index contributed by atoms with van der Waals surface area (Å²) >= 11 is 1.14. The number of aromatic nitrogens is 5. The van der Waals surface area contributed by atoms with Gasteiger partial charge in [-0.1, -0.05) is 6.07 Å². The number of nitrogens with zero attached hydrogens (tertiary/aromatic N) is 6. The van der Waals surface area contributed by atoms with Crippen molar-refractivity contribution in [2.45, 2.75) is 55.4 Å². The molecule has 0 saturated carbocycles. The Bertz CT molecular complexity index is 1730. The van der Waals surface area contributed by atoms with Crippen LogP contribution in [0.1, 0.15) is 41.4 Å². The van der Waals surface area contributed by atoms with E-state index in [1.165, 1.54) is 16.4 Å². The van der Waals surface area contributed by atoms with Crippen molar-refractivity contribution in [1.29, 1.82) is 0 Å². The Hall–Kier alpha value is -2.74. The van der Waals surface area contributed by atoms with Crippen molar-refractivity contribution >= 4 is 21.8 Å². The van der Waals surface area contributed by atoms with Crippen LogP contribution in [0.15, 0.2) is 27.9 Å². The summed E-state index contributed by atoms with van der Waals surface area (Å²) in [4.78, 5) is 18.6. The van der Waals surface area contributed by atoms with Crippen LogP contribution in [0.25, 0.3) is 11.3 Å². The zero-order valence-corrected chi connectivity index (χ0v) is 28.3. The number of aliphatic hydroxyl groups excluding tert-OH is 1. The first-order valence-electron chi connectivity index (χ1n) is 16.1. The maximum atomic E-state index is 14.1. The summed E-state index contributed by atoms with van der Waals surface area (Å²) in [6.07, 6.45) is -2.29. The van der Waals surface area contributed by atoms with E-state index in [2.05, 4.69) is 25.0 Å². The van der Waals surface area contributed by atoms with Gasteiger partial charge in [0.25, 0.3) is 0 Å². The number of morpholine rings is 1. The topological polar surface area (TPSA) is 153 Å². The Balaban J connectivity index is 1.21. The van der Waals surface area contributed by atoms with Gasteiger partial charge in [-0.3, -0.25) is 14.6 Å². The molecular weight excluding hydrogens is 674 g/mol. The molecule has 264 valence electrons. The molecule has 0 bridgehead atoms. The van der Waals surface area contributed by atoms with Gasteiger partial charge in [0.1, 0.15) is 5.82 Å². The molecule has 0 amide bonds. The van der Waals surface area contributed by atoms with Crippen molar-refractivity contribution in [2.75, 3.05) is 71.0 Å². The molecule has 0 aliphatic carbocycles. The molecule has 13 nitrogen and oxygen atoms in total. The van der Waals surface area contributed by atoms with Crippen LogP contribution in [0.5, 0.6) is 0 Å². The molecule has 18 heteroatoms. The number of sulfonamides is 1. The van der Waals surface area contributed by atoms with Crippen LogP contribution in [0, 0.1) is 0 Å². The molecule has 1 unspecified atom stereocenters.